The Morgan fingerprint density at radius 3 is 2.52 bits per heavy atom. The first-order valence-corrected chi connectivity index (χ1v) is 9.12. The van der Waals surface area contributed by atoms with Crippen molar-refractivity contribution in [3.8, 4) is 31.0 Å². The molecule has 0 aliphatic carbocycles. The minimum absolute atomic E-state index is 0.614. The molecule has 0 unspecified atom stereocenters. The van der Waals surface area contributed by atoms with Crippen molar-refractivity contribution in [1.82, 2.24) is 0 Å². The van der Waals surface area contributed by atoms with Crippen LogP contribution in [0.4, 0.5) is 5.00 Å². The maximum atomic E-state index is 5.85. The van der Waals surface area contributed by atoms with Crippen LogP contribution in [0.25, 0.3) is 19.5 Å². The summed E-state index contributed by atoms with van der Waals surface area (Å²) in [6.07, 6.45) is 0. The molecule has 1 N–H and O–H groups in total. The van der Waals surface area contributed by atoms with Crippen LogP contribution in [0.5, 0.6) is 11.5 Å². The third-order valence-corrected chi connectivity index (χ3v) is 6.72. The number of hydrogen-bond acceptors (Lipinski definition) is 6. The molecule has 0 saturated heterocycles. The van der Waals surface area contributed by atoms with Gasteiger partial charge in [0, 0.05) is 21.7 Å². The highest BCUT2D eigenvalue weighted by molar-refractivity contribution is 7.27. The number of ether oxygens (including phenoxy) is 2. The van der Waals surface area contributed by atoms with Crippen LogP contribution >= 0.6 is 34.0 Å². The Morgan fingerprint density at radius 1 is 0.952 bits per heavy atom. The molecule has 0 spiro atoms. The van der Waals surface area contributed by atoms with E-state index in [0.29, 0.717) is 13.2 Å². The fourth-order valence-corrected chi connectivity index (χ4v) is 5.28. The lowest BCUT2D eigenvalue weighted by molar-refractivity contribution is 0.175. The van der Waals surface area contributed by atoms with Crippen molar-refractivity contribution in [2.24, 2.45) is 0 Å². The number of thiophene rings is 3. The predicted molar refractivity (Wildman–Crippen MR) is 91.5 cm³/mol. The molecular formula is C15H13NO2S3. The summed E-state index contributed by atoms with van der Waals surface area (Å²) in [6, 6.07) is 8.59. The summed E-state index contributed by atoms with van der Waals surface area (Å²) in [7, 11) is 1.92. The molecule has 21 heavy (non-hydrogen) atoms. The van der Waals surface area contributed by atoms with Crippen molar-refractivity contribution in [2.45, 2.75) is 0 Å². The lowest BCUT2D eigenvalue weighted by Gasteiger charge is -2.16. The van der Waals surface area contributed by atoms with Gasteiger partial charge in [-0.25, -0.2) is 0 Å². The highest BCUT2D eigenvalue weighted by Crippen LogP contribution is 2.54. The average molecular weight is 335 g/mol. The Hall–Kier alpha value is -1.50. The first kappa shape index (κ1) is 13.2. The van der Waals surface area contributed by atoms with Gasteiger partial charge >= 0.3 is 0 Å². The van der Waals surface area contributed by atoms with Gasteiger partial charge < -0.3 is 14.8 Å². The number of nitrogens with one attached hydrogen (secondary N) is 1. The van der Waals surface area contributed by atoms with Crippen LogP contribution in [0, 0.1) is 0 Å². The molecule has 0 radical (unpaired) electrons. The van der Waals surface area contributed by atoms with E-state index in [1.54, 1.807) is 34.0 Å². The zero-order valence-electron chi connectivity index (χ0n) is 11.3. The first-order valence-electron chi connectivity index (χ1n) is 6.61. The van der Waals surface area contributed by atoms with Gasteiger partial charge in [-0.1, -0.05) is 6.07 Å². The molecule has 3 nitrogen and oxygen atoms in total. The largest absolute Gasteiger partial charge is 0.484 e. The minimum atomic E-state index is 0.614. The van der Waals surface area contributed by atoms with Crippen LogP contribution in [0.15, 0.2) is 29.6 Å². The maximum Gasteiger partial charge on any atom is 0.196 e. The lowest BCUT2D eigenvalue weighted by Crippen LogP contribution is -2.15. The van der Waals surface area contributed by atoms with Gasteiger partial charge in [0.25, 0.3) is 0 Å². The lowest BCUT2D eigenvalue weighted by atomic mass is 10.3. The molecule has 108 valence electrons. The normalized spacial score (nSPS) is 13.4. The van der Waals surface area contributed by atoms with Gasteiger partial charge in [0.2, 0.25) is 0 Å². The van der Waals surface area contributed by atoms with Crippen LogP contribution in [-0.4, -0.2) is 20.3 Å². The van der Waals surface area contributed by atoms with E-state index in [4.69, 9.17) is 9.47 Å². The standard InChI is InChI=1S/C15H13NO2S3/c1-16-15-13-12(17-6-7-18-13)14(21-15)11-5-4-10(20-11)9-3-2-8-19-9/h2-5,8,16H,6-7H2,1H3. The first-order chi connectivity index (χ1) is 10.4. The van der Waals surface area contributed by atoms with Crippen LogP contribution in [-0.2, 0) is 0 Å². The molecule has 0 aromatic carbocycles. The summed E-state index contributed by atoms with van der Waals surface area (Å²) in [6.45, 7) is 1.23. The van der Waals surface area contributed by atoms with E-state index in [9.17, 15) is 0 Å². The Kier molecular flexibility index (Phi) is 3.37. The van der Waals surface area contributed by atoms with Crippen LogP contribution in [0.2, 0.25) is 0 Å². The third-order valence-electron chi connectivity index (χ3n) is 3.22. The molecule has 4 rings (SSSR count). The van der Waals surface area contributed by atoms with Gasteiger partial charge in [-0.15, -0.1) is 34.0 Å². The second kappa shape index (κ2) is 5.36. The summed E-state index contributed by atoms with van der Waals surface area (Å²) in [4.78, 5) is 4.99. The zero-order chi connectivity index (χ0) is 14.2. The Morgan fingerprint density at radius 2 is 1.76 bits per heavy atom. The molecule has 0 amide bonds. The van der Waals surface area contributed by atoms with Gasteiger partial charge in [-0.05, 0) is 23.6 Å². The van der Waals surface area contributed by atoms with E-state index in [2.05, 4.69) is 35.0 Å². The van der Waals surface area contributed by atoms with E-state index in [0.717, 1.165) is 21.4 Å². The molecule has 6 heteroatoms. The van der Waals surface area contributed by atoms with Crippen LogP contribution in [0.1, 0.15) is 0 Å². The summed E-state index contributed by atoms with van der Waals surface area (Å²) < 4.78 is 11.6. The molecule has 4 heterocycles. The fraction of sp³-hybridized carbons (Fsp3) is 0.200. The highest BCUT2D eigenvalue weighted by atomic mass is 32.1. The molecular weight excluding hydrogens is 322 g/mol. The Bertz CT molecular complexity index is 758. The van der Waals surface area contributed by atoms with Crippen LogP contribution < -0.4 is 14.8 Å². The quantitative estimate of drug-likeness (QED) is 0.729. The van der Waals surface area contributed by atoms with E-state index >= 15 is 0 Å². The zero-order valence-corrected chi connectivity index (χ0v) is 13.8. The van der Waals surface area contributed by atoms with Gasteiger partial charge in [-0.3, -0.25) is 0 Å². The number of hydrogen-bond donors (Lipinski definition) is 1. The summed E-state index contributed by atoms with van der Waals surface area (Å²) in [5.74, 6) is 1.74. The summed E-state index contributed by atoms with van der Waals surface area (Å²) >= 11 is 5.26. The van der Waals surface area contributed by atoms with E-state index in [1.165, 1.54) is 14.6 Å². The molecule has 0 atom stereocenters. The number of fused-ring (bicyclic) bond motifs is 1. The van der Waals surface area contributed by atoms with Crippen LogP contribution in [0.3, 0.4) is 0 Å². The van der Waals surface area contributed by atoms with Gasteiger partial charge in [0.15, 0.2) is 11.5 Å². The van der Waals surface area contributed by atoms with Crippen molar-refractivity contribution in [3.63, 3.8) is 0 Å². The second-order valence-corrected chi connectivity index (χ2v) is 7.56. The molecule has 3 aromatic heterocycles. The molecule has 0 saturated carbocycles. The molecule has 1 aliphatic heterocycles. The molecule has 0 fully saturated rings. The molecule has 0 bridgehead atoms. The summed E-state index contributed by atoms with van der Waals surface area (Å²) in [5.41, 5.74) is 0. The minimum Gasteiger partial charge on any atom is -0.484 e. The highest BCUT2D eigenvalue weighted by Gasteiger charge is 2.25. The van der Waals surface area contributed by atoms with Crippen molar-refractivity contribution in [3.05, 3.63) is 29.6 Å². The second-order valence-electron chi connectivity index (χ2n) is 4.51. The molecule has 3 aromatic rings. The van der Waals surface area contributed by atoms with E-state index in [-0.39, 0.29) is 0 Å². The predicted octanol–water partition coefficient (Wildman–Crippen LogP) is 5.02. The number of anilines is 1. The van der Waals surface area contributed by atoms with Gasteiger partial charge in [-0.2, -0.15) is 0 Å². The summed E-state index contributed by atoms with van der Waals surface area (Å²) in [5, 5.41) is 6.34. The van der Waals surface area contributed by atoms with Crippen molar-refractivity contribution in [2.75, 3.05) is 25.6 Å². The van der Waals surface area contributed by atoms with Crippen molar-refractivity contribution < 1.29 is 9.47 Å². The fourth-order valence-electron chi connectivity index (χ4n) is 2.29. The topological polar surface area (TPSA) is 30.5 Å². The van der Waals surface area contributed by atoms with Crippen molar-refractivity contribution in [1.29, 1.82) is 0 Å². The Labute approximate surface area is 134 Å². The average Bonchev–Trinajstić information content (AvgIpc) is 3.25. The van der Waals surface area contributed by atoms with Gasteiger partial charge in [0.1, 0.15) is 18.2 Å². The van der Waals surface area contributed by atoms with Crippen molar-refractivity contribution >= 4 is 39.0 Å². The smallest absolute Gasteiger partial charge is 0.196 e. The van der Waals surface area contributed by atoms with Gasteiger partial charge in [0.05, 0.1) is 4.88 Å². The van der Waals surface area contributed by atoms with E-state index < -0.39 is 0 Å². The van der Waals surface area contributed by atoms with E-state index in [1.807, 2.05) is 7.05 Å². The SMILES string of the molecule is CNc1sc(-c2ccc(-c3cccs3)s2)c2c1OCCO2. The Balaban J connectivity index is 1.78. The maximum absolute atomic E-state index is 5.85. The third kappa shape index (κ3) is 2.23. The number of rotatable bonds is 3. The monoisotopic (exact) mass is 335 g/mol. The molecule has 1 aliphatic rings.